The summed E-state index contributed by atoms with van der Waals surface area (Å²) in [7, 11) is 0. The summed E-state index contributed by atoms with van der Waals surface area (Å²) in [6, 6.07) is 0. The lowest BCUT2D eigenvalue weighted by atomic mass is 9.99. The van der Waals surface area contributed by atoms with Gasteiger partial charge in [0.1, 0.15) is 12.4 Å². The van der Waals surface area contributed by atoms with Crippen molar-refractivity contribution in [2.45, 2.75) is 111 Å². The van der Waals surface area contributed by atoms with Crippen molar-refractivity contribution in [2.75, 3.05) is 0 Å². The highest BCUT2D eigenvalue weighted by Crippen LogP contribution is 2.12. The third-order valence-electron chi connectivity index (χ3n) is 4.87. The van der Waals surface area contributed by atoms with E-state index in [1.165, 1.54) is 77.3 Å². The molecular formula is C22H42N2O3. The second kappa shape index (κ2) is 16.8. The predicted molar refractivity (Wildman–Crippen MR) is 108 cm³/mol. The number of aryl methyl sites for hydroxylation is 1. The molecule has 1 rings (SSSR count). The molecule has 1 N–H and O–H groups in total. The maximum Gasteiger partial charge on any atom is 0.243 e. The van der Waals surface area contributed by atoms with Gasteiger partial charge in [0.2, 0.25) is 6.33 Å². The Bertz CT molecular complexity index is 472. The highest BCUT2D eigenvalue weighted by atomic mass is 16.4. The van der Waals surface area contributed by atoms with Crippen LogP contribution in [0, 0.1) is 5.92 Å². The fourth-order valence-electron chi connectivity index (χ4n) is 2.97. The van der Waals surface area contributed by atoms with Crippen molar-refractivity contribution in [3.8, 4) is 0 Å². The average molecular weight is 383 g/mol. The van der Waals surface area contributed by atoms with Gasteiger partial charge in [0, 0.05) is 0 Å². The van der Waals surface area contributed by atoms with E-state index in [1.54, 1.807) is 0 Å². The number of rotatable bonds is 14. The summed E-state index contributed by atoms with van der Waals surface area (Å²) >= 11 is 0. The smallest absolute Gasteiger partial charge is 0.243 e. The Hall–Kier alpha value is -1.36. The highest BCUT2D eigenvalue weighted by molar-refractivity contribution is 5.68. The predicted octanol–water partition coefficient (Wildman–Crippen LogP) is 3.47. The number of aromatic nitrogens is 2. The van der Waals surface area contributed by atoms with Crippen molar-refractivity contribution in [3.05, 3.63) is 18.7 Å². The molecule has 5 nitrogen and oxygen atoms in total. The molecule has 27 heavy (non-hydrogen) atoms. The molecule has 1 aromatic rings. The summed E-state index contributed by atoms with van der Waals surface area (Å²) in [5.74, 6) is -0.588. The monoisotopic (exact) mass is 382 g/mol. The number of carboxylic acid groups (broad SMARTS) is 1. The number of nitrogens with zero attached hydrogens (tertiary/aromatic N) is 2. The van der Waals surface area contributed by atoms with Gasteiger partial charge in [-0.2, -0.15) is 0 Å². The van der Waals surface area contributed by atoms with E-state index in [4.69, 9.17) is 5.11 Å². The van der Waals surface area contributed by atoms with E-state index < -0.39 is 12.1 Å². The van der Waals surface area contributed by atoms with Crippen molar-refractivity contribution < 1.29 is 19.6 Å². The third kappa shape index (κ3) is 14.4. The lowest BCUT2D eigenvalue weighted by molar-refractivity contribution is -0.703. The number of carboxylic acids is 1. The fraction of sp³-hybridized carbons (Fsp3) is 0.818. The zero-order valence-corrected chi connectivity index (χ0v) is 18.0. The Labute approximate surface area is 166 Å². The first kappa shape index (κ1) is 25.6. The van der Waals surface area contributed by atoms with Crippen LogP contribution in [-0.4, -0.2) is 21.7 Å². The number of imidazole rings is 1. The summed E-state index contributed by atoms with van der Waals surface area (Å²) in [6.45, 7) is 10.4. The van der Waals surface area contributed by atoms with Gasteiger partial charge in [-0.3, -0.25) is 0 Å². The first-order valence-electron chi connectivity index (χ1n) is 10.9. The number of hydrogen-bond donors (Lipinski definition) is 1. The zero-order valence-electron chi connectivity index (χ0n) is 18.0. The van der Waals surface area contributed by atoms with E-state index in [-0.39, 0.29) is 0 Å². The van der Waals surface area contributed by atoms with Crippen LogP contribution < -0.4 is 9.67 Å². The van der Waals surface area contributed by atoms with Gasteiger partial charge < -0.3 is 15.0 Å². The molecule has 1 aromatic heterocycles. The average Bonchev–Trinajstić information content (AvgIpc) is 3.09. The Morgan fingerprint density at radius 3 is 2.22 bits per heavy atom. The molecule has 0 saturated heterocycles. The summed E-state index contributed by atoms with van der Waals surface area (Å²) < 4.78 is 4.76. The number of aliphatic hydroxyl groups excluding tert-OH is 1. The molecule has 1 heterocycles. The molecule has 0 aliphatic rings. The van der Waals surface area contributed by atoms with E-state index in [9.17, 15) is 9.90 Å². The van der Waals surface area contributed by atoms with Crippen LogP contribution in [0.1, 0.15) is 91.9 Å². The van der Waals surface area contributed by atoms with Crippen molar-refractivity contribution in [1.29, 1.82) is 0 Å². The van der Waals surface area contributed by atoms with Crippen LogP contribution in [-0.2, 0) is 17.9 Å². The number of aliphatic carboxylic acids is 1. The van der Waals surface area contributed by atoms with Crippen molar-refractivity contribution in [1.82, 2.24) is 4.57 Å². The first-order valence-corrected chi connectivity index (χ1v) is 10.9. The van der Waals surface area contributed by atoms with Crippen molar-refractivity contribution in [3.63, 3.8) is 0 Å². The van der Waals surface area contributed by atoms with Crippen LogP contribution >= 0.6 is 0 Å². The summed E-state index contributed by atoms with van der Waals surface area (Å²) in [6.07, 6.45) is 19.1. The van der Waals surface area contributed by atoms with E-state index in [1.807, 2.05) is 0 Å². The zero-order chi connectivity index (χ0) is 20.5. The second-order valence-corrected chi connectivity index (χ2v) is 7.53. The van der Waals surface area contributed by atoms with Crippen LogP contribution in [0.3, 0.4) is 0 Å². The SMILES string of the molecule is CC(O)C(=O)[O-].CCCCCCCCn1cc[n+](CC(CC)CCCC)c1. The van der Waals surface area contributed by atoms with Gasteiger partial charge in [-0.25, -0.2) is 9.13 Å². The minimum atomic E-state index is -1.44. The molecule has 2 unspecified atom stereocenters. The topological polar surface area (TPSA) is 69.2 Å². The summed E-state index contributed by atoms with van der Waals surface area (Å²) in [5, 5.41) is 17.3. The Morgan fingerprint density at radius 1 is 1.07 bits per heavy atom. The van der Waals surface area contributed by atoms with Gasteiger partial charge in [-0.1, -0.05) is 59.3 Å². The molecule has 2 atom stereocenters. The molecule has 0 aliphatic carbocycles. The van der Waals surface area contributed by atoms with E-state index in [2.05, 4.69) is 48.6 Å². The number of aliphatic hydroxyl groups is 1. The van der Waals surface area contributed by atoms with Gasteiger partial charge >= 0.3 is 0 Å². The van der Waals surface area contributed by atoms with Crippen LogP contribution in [0.4, 0.5) is 0 Å². The number of carbonyl (C=O) groups excluding carboxylic acids is 1. The van der Waals surface area contributed by atoms with Crippen LogP contribution in [0.2, 0.25) is 0 Å². The summed E-state index contributed by atoms with van der Waals surface area (Å²) in [5.41, 5.74) is 0. The molecule has 0 aromatic carbocycles. The van der Waals surface area contributed by atoms with Crippen LogP contribution in [0.15, 0.2) is 18.7 Å². The van der Waals surface area contributed by atoms with E-state index >= 15 is 0 Å². The van der Waals surface area contributed by atoms with Crippen molar-refractivity contribution in [2.24, 2.45) is 5.92 Å². The second-order valence-electron chi connectivity index (χ2n) is 7.53. The lowest BCUT2D eigenvalue weighted by Crippen LogP contribution is -2.35. The van der Waals surface area contributed by atoms with Gasteiger partial charge in [0.15, 0.2) is 0 Å². The number of unbranched alkanes of at least 4 members (excludes halogenated alkanes) is 6. The van der Waals surface area contributed by atoms with Crippen molar-refractivity contribution >= 4 is 5.97 Å². The molecule has 0 radical (unpaired) electrons. The lowest BCUT2D eigenvalue weighted by Gasteiger charge is -2.11. The fourth-order valence-corrected chi connectivity index (χ4v) is 2.97. The van der Waals surface area contributed by atoms with E-state index in [0.717, 1.165) is 12.8 Å². The Kier molecular flexibility index (Phi) is 15.9. The van der Waals surface area contributed by atoms with Crippen LogP contribution in [0.5, 0.6) is 0 Å². The van der Waals surface area contributed by atoms with Gasteiger partial charge in [0.25, 0.3) is 0 Å². The van der Waals surface area contributed by atoms with Gasteiger partial charge in [-0.15, -0.1) is 0 Å². The molecule has 0 saturated carbocycles. The maximum absolute atomic E-state index is 9.34. The normalized spacial score (nSPS) is 12.9. The Morgan fingerprint density at radius 2 is 1.67 bits per heavy atom. The number of hydrogen-bond acceptors (Lipinski definition) is 3. The molecule has 158 valence electrons. The molecule has 0 aliphatic heterocycles. The first-order chi connectivity index (χ1) is 12.9. The standard InChI is InChI=1S/C19H37N2.C3H6O3/c1-4-7-9-10-11-12-14-20-15-16-21(18-20)17-19(6-3)13-8-5-2;1-2(4)3(5)6/h15-16,18-19H,4-14,17H2,1-3H3;2,4H,1H3,(H,5,6)/q+1;/p-1. The third-order valence-corrected chi connectivity index (χ3v) is 4.87. The highest BCUT2D eigenvalue weighted by Gasteiger charge is 2.11. The van der Waals surface area contributed by atoms with Gasteiger partial charge in [0.05, 0.1) is 25.2 Å². The minimum Gasteiger partial charge on any atom is -0.547 e. The molecule has 0 bridgehead atoms. The Balaban J connectivity index is 0.000000972. The van der Waals surface area contributed by atoms with Gasteiger partial charge in [-0.05, 0) is 38.5 Å². The molecular weight excluding hydrogens is 340 g/mol. The molecule has 0 spiro atoms. The maximum atomic E-state index is 9.34. The summed E-state index contributed by atoms with van der Waals surface area (Å²) in [4.78, 5) is 9.34. The quantitative estimate of drug-likeness (QED) is 0.396. The largest absolute Gasteiger partial charge is 0.547 e. The molecule has 0 fully saturated rings. The molecule has 5 heteroatoms. The van der Waals surface area contributed by atoms with E-state index in [0.29, 0.717) is 0 Å². The minimum absolute atomic E-state index is 0.847. The van der Waals surface area contributed by atoms with Crippen LogP contribution in [0.25, 0.3) is 0 Å². The molecule has 0 amide bonds. The number of carbonyl (C=O) groups is 1.